The summed E-state index contributed by atoms with van der Waals surface area (Å²) < 4.78 is 28.7. The van der Waals surface area contributed by atoms with Gasteiger partial charge in [0.05, 0.1) is 17.4 Å². The summed E-state index contributed by atoms with van der Waals surface area (Å²) in [4.78, 5) is 11.0. The molecule has 0 spiro atoms. The third-order valence-electron chi connectivity index (χ3n) is 3.28. The highest BCUT2D eigenvalue weighted by Crippen LogP contribution is 2.42. The monoisotopic (exact) mass is 300 g/mol. The topological polar surface area (TPSA) is 101 Å². The minimum absolute atomic E-state index is 0.0261. The molecule has 1 aromatic rings. The third kappa shape index (κ3) is 2.78. The zero-order valence-electron chi connectivity index (χ0n) is 11.2. The van der Waals surface area contributed by atoms with E-state index in [9.17, 15) is 18.3 Å². The van der Waals surface area contributed by atoms with Gasteiger partial charge in [0.25, 0.3) is 0 Å². The van der Waals surface area contributed by atoms with Crippen molar-refractivity contribution in [3.05, 3.63) is 23.8 Å². The van der Waals surface area contributed by atoms with E-state index >= 15 is 0 Å². The highest BCUT2D eigenvalue weighted by atomic mass is 32.2. The van der Waals surface area contributed by atoms with Crippen molar-refractivity contribution in [3.63, 3.8) is 0 Å². The van der Waals surface area contributed by atoms with Gasteiger partial charge in [0, 0.05) is 18.2 Å². The Bertz CT molecular complexity index is 651. The summed E-state index contributed by atoms with van der Waals surface area (Å²) in [6, 6.07) is 4.13. The molecule has 20 heavy (non-hydrogen) atoms. The molecule has 110 valence electrons. The molecule has 1 aromatic carbocycles. The predicted octanol–water partition coefficient (Wildman–Crippen LogP) is 0.923. The minimum Gasteiger partial charge on any atom is -0.490 e. The molecule has 0 amide bonds. The Morgan fingerprint density at radius 1 is 1.50 bits per heavy atom. The van der Waals surface area contributed by atoms with Crippen LogP contribution in [0.1, 0.15) is 25.3 Å². The highest BCUT2D eigenvalue weighted by Gasteiger charge is 2.41. The average Bonchev–Trinajstić information content (AvgIpc) is 2.25. The number of hydrogen-bond donors (Lipinski definition) is 2. The van der Waals surface area contributed by atoms with Gasteiger partial charge >= 0.3 is 5.97 Å². The van der Waals surface area contributed by atoms with Crippen molar-refractivity contribution in [1.29, 1.82) is 0 Å². The average molecular weight is 300 g/mol. The smallest absolute Gasteiger partial charge is 0.306 e. The van der Waals surface area contributed by atoms with Crippen molar-refractivity contribution in [1.82, 2.24) is 0 Å². The van der Waals surface area contributed by atoms with Crippen LogP contribution in [0.3, 0.4) is 0 Å². The molecule has 2 atom stereocenters. The Morgan fingerprint density at radius 2 is 2.15 bits per heavy atom. The van der Waals surface area contributed by atoms with Crippen LogP contribution in [0.4, 0.5) is 0 Å². The summed E-state index contributed by atoms with van der Waals surface area (Å²) in [6.45, 7) is 1.72. The van der Waals surface area contributed by atoms with E-state index in [1.54, 1.807) is 6.92 Å². The van der Waals surface area contributed by atoms with Crippen LogP contribution in [0.2, 0.25) is 0 Å². The molecule has 0 aliphatic carbocycles. The van der Waals surface area contributed by atoms with Crippen LogP contribution in [-0.2, 0) is 20.2 Å². The van der Waals surface area contributed by atoms with Gasteiger partial charge in [-0.1, -0.05) is 0 Å². The van der Waals surface area contributed by atoms with E-state index in [0.717, 1.165) is 6.26 Å². The maximum Gasteiger partial charge on any atom is 0.306 e. The van der Waals surface area contributed by atoms with Gasteiger partial charge in [-0.05, 0) is 25.1 Å². The van der Waals surface area contributed by atoms with Crippen molar-refractivity contribution in [2.45, 2.75) is 36.4 Å². The second-order valence-corrected chi connectivity index (χ2v) is 7.18. The number of aliphatic carboxylic acids is 1. The number of aliphatic hydroxyl groups is 1. The number of ether oxygens (including phenoxy) is 1. The third-order valence-corrected chi connectivity index (χ3v) is 4.39. The quantitative estimate of drug-likeness (QED) is 0.861. The van der Waals surface area contributed by atoms with Crippen LogP contribution in [0.5, 0.6) is 5.75 Å². The number of carboxylic acids is 1. The largest absolute Gasteiger partial charge is 0.490 e. The van der Waals surface area contributed by atoms with E-state index in [1.165, 1.54) is 18.2 Å². The molecule has 1 heterocycles. The molecule has 0 saturated heterocycles. The Hall–Kier alpha value is -1.60. The molecule has 1 aliphatic heterocycles. The summed E-state index contributed by atoms with van der Waals surface area (Å²) in [5.41, 5.74) is -1.42. The maximum atomic E-state index is 11.6. The first-order valence-corrected chi connectivity index (χ1v) is 7.96. The molecule has 2 rings (SSSR count). The second-order valence-electron chi connectivity index (χ2n) is 5.16. The van der Waals surface area contributed by atoms with E-state index in [4.69, 9.17) is 9.84 Å². The van der Waals surface area contributed by atoms with Crippen molar-refractivity contribution >= 4 is 15.8 Å². The van der Waals surface area contributed by atoms with Gasteiger partial charge in [0.2, 0.25) is 0 Å². The molecule has 0 saturated carbocycles. The number of hydrogen-bond acceptors (Lipinski definition) is 5. The van der Waals surface area contributed by atoms with Crippen molar-refractivity contribution in [2.24, 2.45) is 0 Å². The summed E-state index contributed by atoms with van der Waals surface area (Å²) >= 11 is 0. The normalized spacial score (nSPS) is 25.6. The first-order chi connectivity index (χ1) is 9.12. The van der Waals surface area contributed by atoms with E-state index in [1.807, 2.05) is 0 Å². The molecular formula is C13H16O6S. The lowest BCUT2D eigenvalue weighted by molar-refractivity contribution is -0.145. The fourth-order valence-corrected chi connectivity index (χ4v) is 3.11. The van der Waals surface area contributed by atoms with Crippen LogP contribution >= 0.6 is 0 Å². The Kier molecular flexibility index (Phi) is 3.51. The second kappa shape index (κ2) is 4.75. The van der Waals surface area contributed by atoms with Gasteiger partial charge in [-0.15, -0.1) is 0 Å². The number of rotatable bonds is 3. The Balaban J connectivity index is 2.59. The molecule has 6 nitrogen and oxygen atoms in total. The SMILES string of the molecule is C[C@@H]1C[C@@](O)(CC(=O)O)c2cc(S(C)(=O)=O)ccc2O1. The van der Waals surface area contributed by atoms with Gasteiger partial charge in [-0.3, -0.25) is 4.79 Å². The van der Waals surface area contributed by atoms with E-state index in [-0.39, 0.29) is 23.0 Å². The van der Waals surface area contributed by atoms with Gasteiger partial charge in [-0.2, -0.15) is 0 Å². The van der Waals surface area contributed by atoms with Crippen LogP contribution in [-0.4, -0.2) is 37.0 Å². The molecule has 1 aliphatic rings. The first-order valence-electron chi connectivity index (χ1n) is 6.07. The Labute approximate surface area is 116 Å². The zero-order valence-corrected chi connectivity index (χ0v) is 12.0. The number of carboxylic acid groups (broad SMARTS) is 1. The lowest BCUT2D eigenvalue weighted by Crippen LogP contribution is -2.39. The lowest BCUT2D eigenvalue weighted by atomic mass is 9.83. The summed E-state index contributed by atoms with van der Waals surface area (Å²) in [5, 5.41) is 19.6. The number of fused-ring (bicyclic) bond motifs is 1. The van der Waals surface area contributed by atoms with Crippen LogP contribution in [0, 0.1) is 0 Å². The molecule has 0 unspecified atom stereocenters. The van der Waals surface area contributed by atoms with Crippen LogP contribution in [0.15, 0.2) is 23.1 Å². The van der Waals surface area contributed by atoms with Gasteiger partial charge < -0.3 is 14.9 Å². The summed E-state index contributed by atoms with van der Waals surface area (Å²) in [7, 11) is -3.44. The van der Waals surface area contributed by atoms with Gasteiger partial charge in [0.1, 0.15) is 11.4 Å². The number of benzene rings is 1. The van der Waals surface area contributed by atoms with E-state index < -0.39 is 27.8 Å². The Morgan fingerprint density at radius 3 is 2.70 bits per heavy atom. The van der Waals surface area contributed by atoms with Gasteiger partial charge in [-0.25, -0.2) is 8.42 Å². The minimum atomic E-state index is -3.44. The summed E-state index contributed by atoms with van der Waals surface area (Å²) in [5.74, 6) is -0.836. The molecule has 0 bridgehead atoms. The molecule has 0 aromatic heterocycles. The first kappa shape index (κ1) is 14.8. The summed E-state index contributed by atoms with van der Waals surface area (Å²) in [6.07, 6.45) is 0.300. The van der Waals surface area contributed by atoms with Gasteiger partial charge in [0.15, 0.2) is 9.84 Å². The number of sulfone groups is 1. The highest BCUT2D eigenvalue weighted by molar-refractivity contribution is 7.90. The molecular weight excluding hydrogens is 284 g/mol. The standard InChI is InChI=1S/C13H16O6S/c1-8-6-13(16,7-12(14)15)10-5-9(20(2,17)18)3-4-11(10)19-8/h3-5,8,16H,6-7H2,1-2H3,(H,14,15)/t8-,13-/m1/s1. The fourth-order valence-electron chi connectivity index (χ4n) is 2.47. The van der Waals surface area contributed by atoms with E-state index in [2.05, 4.69) is 0 Å². The van der Waals surface area contributed by atoms with E-state index in [0.29, 0.717) is 5.75 Å². The fraction of sp³-hybridized carbons (Fsp3) is 0.462. The molecule has 2 N–H and O–H groups in total. The van der Waals surface area contributed by atoms with Crippen LogP contribution in [0.25, 0.3) is 0 Å². The van der Waals surface area contributed by atoms with Crippen LogP contribution < -0.4 is 4.74 Å². The van der Waals surface area contributed by atoms with Crippen molar-refractivity contribution in [3.8, 4) is 5.75 Å². The van der Waals surface area contributed by atoms with Crippen molar-refractivity contribution in [2.75, 3.05) is 6.26 Å². The molecule has 0 radical (unpaired) electrons. The van der Waals surface area contributed by atoms with Crippen molar-refractivity contribution < 1.29 is 28.2 Å². The molecule has 7 heteroatoms. The predicted molar refractivity (Wildman–Crippen MR) is 70.4 cm³/mol. The zero-order chi connectivity index (χ0) is 15.1. The maximum absolute atomic E-state index is 11.6. The molecule has 0 fully saturated rings. The number of carbonyl (C=O) groups is 1. The lowest BCUT2D eigenvalue weighted by Gasteiger charge is -2.36.